The Morgan fingerprint density at radius 2 is 2.24 bits per heavy atom. The molecule has 3 atom stereocenters. The first kappa shape index (κ1) is 17.8. The van der Waals surface area contributed by atoms with Crippen LogP contribution in [0, 0.1) is 0 Å². The summed E-state index contributed by atoms with van der Waals surface area (Å²) in [6.45, 7) is 5.98. The van der Waals surface area contributed by atoms with E-state index in [0.29, 0.717) is 6.54 Å². The molecule has 0 saturated carbocycles. The fraction of sp³-hybridized carbons (Fsp3) is 0.556. The molecule has 0 aliphatic carbocycles. The molecule has 0 bridgehead atoms. The highest BCUT2D eigenvalue weighted by Crippen LogP contribution is 2.33. The number of aliphatic hydroxyl groups excluding tert-OH is 1. The molecule has 0 spiro atoms. The molecule has 0 radical (unpaired) electrons. The molecule has 2 fully saturated rings. The van der Waals surface area contributed by atoms with Gasteiger partial charge in [0.25, 0.3) is 0 Å². The van der Waals surface area contributed by atoms with Crippen LogP contribution >= 0.6 is 0 Å². The molecule has 7 heteroatoms. The van der Waals surface area contributed by atoms with Gasteiger partial charge in [-0.2, -0.15) is 0 Å². The minimum atomic E-state index is -2.25. The average molecular weight is 349 g/mol. The number of cyclic esters (lactones) is 1. The van der Waals surface area contributed by atoms with Gasteiger partial charge in [-0.25, -0.2) is 9.59 Å². The zero-order chi connectivity index (χ0) is 18.2. The highest BCUT2D eigenvalue weighted by molar-refractivity contribution is 5.90. The second-order valence-corrected chi connectivity index (χ2v) is 6.64. The third-order valence-corrected chi connectivity index (χ3v) is 5.21. The van der Waals surface area contributed by atoms with E-state index in [1.807, 2.05) is 6.08 Å². The van der Waals surface area contributed by atoms with Gasteiger partial charge in [-0.1, -0.05) is 18.7 Å². The van der Waals surface area contributed by atoms with Crippen molar-refractivity contribution in [3.05, 3.63) is 35.5 Å². The number of hydrogen-bond donors (Lipinski definition) is 2. The van der Waals surface area contributed by atoms with Gasteiger partial charge in [-0.3, -0.25) is 4.90 Å². The molecule has 0 unspecified atom stereocenters. The van der Waals surface area contributed by atoms with Crippen LogP contribution in [0.4, 0.5) is 0 Å². The molecule has 3 heterocycles. The average Bonchev–Trinajstić information content (AvgIpc) is 3.18. The van der Waals surface area contributed by atoms with Gasteiger partial charge < -0.3 is 19.7 Å². The quantitative estimate of drug-likeness (QED) is 0.393. The van der Waals surface area contributed by atoms with Crippen molar-refractivity contribution >= 4 is 11.9 Å². The summed E-state index contributed by atoms with van der Waals surface area (Å²) in [5.41, 5.74) is -1.12. The highest BCUT2D eigenvalue weighted by Gasteiger charge is 2.45. The lowest BCUT2D eigenvalue weighted by Gasteiger charge is -2.29. The van der Waals surface area contributed by atoms with Crippen molar-refractivity contribution < 1.29 is 29.3 Å². The van der Waals surface area contributed by atoms with E-state index < -0.39 is 24.1 Å². The Bertz CT molecular complexity index is 666. The third kappa shape index (κ3) is 3.03. The summed E-state index contributed by atoms with van der Waals surface area (Å²) in [5.74, 6) is -1.45. The first-order chi connectivity index (χ1) is 11.9. The fourth-order valence-corrected chi connectivity index (χ4v) is 3.60. The monoisotopic (exact) mass is 349 g/mol. The molecule has 3 rings (SSSR count). The molecule has 7 nitrogen and oxygen atoms in total. The summed E-state index contributed by atoms with van der Waals surface area (Å²) in [6.07, 6.45) is 3.87. The molecule has 0 aromatic rings. The lowest BCUT2D eigenvalue weighted by molar-refractivity contribution is -0.164. The predicted octanol–water partition coefficient (Wildman–Crippen LogP) is 0.0853. The summed E-state index contributed by atoms with van der Waals surface area (Å²) in [6, 6.07) is -0.111. The molecule has 0 aromatic carbocycles. The Labute approximate surface area is 146 Å². The predicted molar refractivity (Wildman–Crippen MR) is 88.4 cm³/mol. The lowest BCUT2D eigenvalue weighted by Crippen LogP contribution is -2.46. The van der Waals surface area contributed by atoms with Crippen LogP contribution in [0.15, 0.2) is 35.5 Å². The summed E-state index contributed by atoms with van der Waals surface area (Å²) < 4.78 is 11.0. The van der Waals surface area contributed by atoms with Gasteiger partial charge >= 0.3 is 11.9 Å². The summed E-state index contributed by atoms with van der Waals surface area (Å²) in [7, 11) is 0. The van der Waals surface area contributed by atoms with E-state index in [9.17, 15) is 19.8 Å². The Morgan fingerprint density at radius 1 is 1.48 bits per heavy atom. The molecule has 25 heavy (non-hydrogen) atoms. The number of allylic oxidation sites excluding steroid dienone is 1. The van der Waals surface area contributed by atoms with Crippen molar-refractivity contribution in [1.82, 2.24) is 4.90 Å². The van der Waals surface area contributed by atoms with Crippen molar-refractivity contribution in [1.29, 1.82) is 0 Å². The zero-order valence-corrected chi connectivity index (χ0v) is 14.2. The molecule has 136 valence electrons. The number of carbonyl (C=O) groups excluding carboxylic acids is 2. The molecule has 2 saturated heterocycles. The number of nitrogens with zero attached hydrogens (tertiary/aromatic N) is 1. The Balaban J connectivity index is 1.94. The van der Waals surface area contributed by atoms with E-state index in [0.717, 1.165) is 18.5 Å². The minimum absolute atomic E-state index is 0.00405. The van der Waals surface area contributed by atoms with E-state index in [4.69, 9.17) is 9.47 Å². The Hall–Kier alpha value is -1.96. The van der Waals surface area contributed by atoms with Crippen molar-refractivity contribution in [2.45, 2.75) is 37.5 Å². The molecule has 3 aliphatic heterocycles. The molecule has 2 N–H and O–H groups in total. The maximum Gasteiger partial charge on any atom is 0.345 e. The van der Waals surface area contributed by atoms with Gasteiger partial charge in [0.1, 0.15) is 12.7 Å². The Morgan fingerprint density at radius 3 is 2.92 bits per heavy atom. The topological polar surface area (TPSA) is 96.3 Å². The van der Waals surface area contributed by atoms with Gasteiger partial charge in [-0.05, 0) is 24.5 Å². The minimum Gasteiger partial charge on any atom is -0.459 e. The molecule has 0 amide bonds. The van der Waals surface area contributed by atoms with Crippen molar-refractivity contribution in [3.63, 3.8) is 0 Å². The van der Waals surface area contributed by atoms with E-state index in [-0.39, 0.29) is 36.3 Å². The van der Waals surface area contributed by atoms with Gasteiger partial charge in [0, 0.05) is 25.1 Å². The number of rotatable bonds is 1. The standard InChI is InChI=1S/C18H23NO6/c1-3-12-8-11(2)18(23,10-20)17(22)24-9-13-4-6-19-7-5-14(15(13)19)25-16(12)21/h3-4,14-15,20,23H,2,5-10H2,1H3/t14-,15-,18-/m1/s1. The number of carbonyl (C=O) groups is 2. The maximum atomic E-state index is 12.5. The van der Waals surface area contributed by atoms with Gasteiger partial charge in [0.2, 0.25) is 5.60 Å². The van der Waals surface area contributed by atoms with Crippen LogP contribution in [0.2, 0.25) is 0 Å². The largest absolute Gasteiger partial charge is 0.459 e. The second-order valence-electron chi connectivity index (χ2n) is 6.64. The van der Waals surface area contributed by atoms with Crippen molar-refractivity contribution in [2.24, 2.45) is 0 Å². The summed E-state index contributed by atoms with van der Waals surface area (Å²) >= 11 is 0. The van der Waals surface area contributed by atoms with E-state index in [2.05, 4.69) is 11.5 Å². The fourth-order valence-electron chi connectivity index (χ4n) is 3.60. The normalized spacial score (nSPS) is 35.6. The summed E-state index contributed by atoms with van der Waals surface area (Å²) in [5, 5.41) is 20.1. The zero-order valence-electron chi connectivity index (χ0n) is 14.2. The van der Waals surface area contributed by atoms with Crippen molar-refractivity contribution in [3.8, 4) is 0 Å². The first-order valence-corrected chi connectivity index (χ1v) is 8.38. The van der Waals surface area contributed by atoms with Crippen LogP contribution in [-0.4, -0.2) is 71.1 Å². The number of aliphatic hydroxyl groups is 2. The molecular formula is C18H23NO6. The highest BCUT2D eigenvalue weighted by atomic mass is 16.6. The number of ether oxygens (including phenoxy) is 2. The maximum absolute atomic E-state index is 12.5. The van der Waals surface area contributed by atoms with E-state index >= 15 is 0 Å². The van der Waals surface area contributed by atoms with Crippen LogP contribution < -0.4 is 0 Å². The summed E-state index contributed by atoms with van der Waals surface area (Å²) in [4.78, 5) is 27.1. The second kappa shape index (κ2) is 6.74. The van der Waals surface area contributed by atoms with Crippen LogP contribution in [0.5, 0.6) is 0 Å². The van der Waals surface area contributed by atoms with Crippen LogP contribution in [0.3, 0.4) is 0 Å². The molecule has 3 aliphatic rings. The van der Waals surface area contributed by atoms with Crippen molar-refractivity contribution in [2.75, 3.05) is 26.3 Å². The van der Waals surface area contributed by atoms with Gasteiger partial charge in [-0.15, -0.1) is 0 Å². The lowest BCUT2D eigenvalue weighted by atomic mass is 9.90. The van der Waals surface area contributed by atoms with E-state index in [1.54, 1.807) is 13.0 Å². The molecule has 0 aromatic heterocycles. The third-order valence-electron chi connectivity index (χ3n) is 5.21. The van der Waals surface area contributed by atoms with E-state index in [1.165, 1.54) is 0 Å². The molecular weight excluding hydrogens is 326 g/mol. The van der Waals surface area contributed by atoms with Gasteiger partial charge in [0.15, 0.2) is 0 Å². The van der Waals surface area contributed by atoms with Gasteiger partial charge in [0.05, 0.1) is 12.6 Å². The smallest absolute Gasteiger partial charge is 0.345 e. The number of hydrogen-bond acceptors (Lipinski definition) is 7. The van der Waals surface area contributed by atoms with Crippen LogP contribution in [0.25, 0.3) is 0 Å². The SMILES string of the molecule is C=C1CC(=CC)C(=O)O[C@@H]2CCN3CC=C(COC(=O)[C@@]1(O)CO)[C@H]23. The Kier molecular flexibility index (Phi) is 4.81. The van der Waals surface area contributed by atoms with Crippen LogP contribution in [0.1, 0.15) is 19.8 Å². The first-order valence-electron chi connectivity index (χ1n) is 8.38. The van der Waals surface area contributed by atoms with Crippen LogP contribution in [-0.2, 0) is 19.1 Å². The number of esters is 2.